The summed E-state index contributed by atoms with van der Waals surface area (Å²) in [7, 11) is 0. The zero-order valence-electron chi connectivity index (χ0n) is 13.0. The summed E-state index contributed by atoms with van der Waals surface area (Å²) in [6, 6.07) is 2.93. The van der Waals surface area contributed by atoms with Crippen LogP contribution in [0.1, 0.15) is 38.4 Å². The predicted molar refractivity (Wildman–Crippen MR) is 81.4 cm³/mol. The molecule has 0 radical (unpaired) electrons. The minimum atomic E-state index is -0.325. The number of pyridine rings is 1. The van der Waals surface area contributed by atoms with Gasteiger partial charge in [0.2, 0.25) is 0 Å². The first-order valence-electron chi connectivity index (χ1n) is 7.81. The third kappa shape index (κ3) is 4.73. The summed E-state index contributed by atoms with van der Waals surface area (Å²) in [5, 5.41) is 0. The van der Waals surface area contributed by atoms with Crippen LogP contribution in [0.25, 0.3) is 0 Å². The van der Waals surface area contributed by atoms with Gasteiger partial charge < -0.3 is 15.4 Å². The molecule has 1 fully saturated rings. The summed E-state index contributed by atoms with van der Waals surface area (Å²) in [6.45, 7) is 7.92. The number of likely N-dealkylation sites (tertiary alicyclic amines) is 1. The van der Waals surface area contributed by atoms with Gasteiger partial charge >= 0.3 is 0 Å². The predicted octanol–water partition coefficient (Wildman–Crippen LogP) is 2.36. The summed E-state index contributed by atoms with van der Waals surface area (Å²) < 4.78 is 18.6. The van der Waals surface area contributed by atoms with E-state index in [9.17, 15) is 4.39 Å². The van der Waals surface area contributed by atoms with Crippen molar-refractivity contribution in [1.82, 2.24) is 9.88 Å². The smallest absolute Gasteiger partial charge is 0.141 e. The Hall–Kier alpha value is -1.04. The highest BCUT2D eigenvalue weighted by atomic mass is 19.1. The van der Waals surface area contributed by atoms with Crippen LogP contribution in [0.3, 0.4) is 0 Å². The molecule has 118 valence electrons. The number of halogens is 1. The van der Waals surface area contributed by atoms with Crippen LogP contribution in [0.4, 0.5) is 4.39 Å². The molecule has 0 bridgehead atoms. The Bertz CT molecular complexity index is 424. The van der Waals surface area contributed by atoms with Gasteiger partial charge in [-0.3, -0.25) is 4.98 Å². The van der Waals surface area contributed by atoms with Crippen molar-refractivity contribution in [3.05, 3.63) is 29.8 Å². The van der Waals surface area contributed by atoms with Gasteiger partial charge in [-0.15, -0.1) is 0 Å². The molecule has 0 amide bonds. The molecule has 2 rings (SSSR count). The van der Waals surface area contributed by atoms with Gasteiger partial charge in [-0.05, 0) is 44.4 Å². The third-order valence-electron chi connectivity index (χ3n) is 4.12. The zero-order chi connectivity index (χ0) is 15.2. The monoisotopic (exact) mass is 295 g/mol. The van der Waals surface area contributed by atoms with Crippen molar-refractivity contribution >= 4 is 0 Å². The van der Waals surface area contributed by atoms with Gasteiger partial charge in [-0.25, -0.2) is 4.39 Å². The number of rotatable bonds is 6. The molecule has 0 spiro atoms. The van der Waals surface area contributed by atoms with Crippen molar-refractivity contribution in [3.8, 4) is 0 Å². The molecule has 0 aromatic carbocycles. The van der Waals surface area contributed by atoms with Crippen molar-refractivity contribution in [3.63, 3.8) is 0 Å². The lowest BCUT2D eigenvalue weighted by Crippen LogP contribution is -2.43. The second kappa shape index (κ2) is 7.82. The van der Waals surface area contributed by atoms with Crippen molar-refractivity contribution in [1.29, 1.82) is 0 Å². The molecular formula is C16H26FN3O. The molecule has 0 saturated carbocycles. The van der Waals surface area contributed by atoms with E-state index in [2.05, 4.69) is 16.8 Å². The summed E-state index contributed by atoms with van der Waals surface area (Å²) in [4.78, 5) is 6.51. The van der Waals surface area contributed by atoms with E-state index in [1.54, 1.807) is 6.07 Å². The first-order chi connectivity index (χ1) is 10.1. The fourth-order valence-electron chi connectivity index (χ4n) is 2.95. The van der Waals surface area contributed by atoms with Crippen molar-refractivity contribution < 1.29 is 9.13 Å². The standard InChI is InChI=1S/C16H26FN3O/c1-3-21-14-5-4-8-20(11-14)10-12(2)16(18)15-7-6-13(17)9-19-15/h6-7,9,12,14,16H,3-5,8,10-11,18H2,1-2H3. The Morgan fingerprint density at radius 1 is 1.52 bits per heavy atom. The Labute approximate surface area is 126 Å². The zero-order valence-corrected chi connectivity index (χ0v) is 13.0. The van der Waals surface area contributed by atoms with Gasteiger partial charge in [0, 0.05) is 19.7 Å². The maximum Gasteiger partial charge on any atom is 0.141 e. The second-order valence-corrected chi connectivity index (χ2v) is 5.88. The molecular weight excluding hydrogens is 269 g/mol. The SMILES string of the molecule is CCOC1CCCN(CC(C)C(N)c2ccc(F)cn2)C1. The van der Waals surface area contributed by atoms with Crippen LogP contribution in [0.2, 0.25) is 0 Å². The fraction of sp³-hybridized carbons (Fsp3) is 0.688. The summed E-state index contributed by atoms with van der Waals surface area (Å²) in [6.07, 6.45) is 3.88. The molecule has 1 aliphatic heterocycles. The third-order valence-corrected chi connectivity index (χ3v) is 4.12. The van der Waals surface area contributed by atoms with E-state index >= 15 is 0 Å². The molecule has 2 N–H and O–H groups in total. The number of nitrogens with two attached hydrogens (primary N) is 1. The lowest BCUT2D eigenvalue weighted by Gasteiger charge is -2.35. The Kier molecular flexibility index (Phi) is 6.08. The lowest BCUT2D eigenvalue weighted by molar-refractivity contribution is 0.00147. The molecule has 5 heteroatoms. The van der Waals surface area contributed by atoms with Gasteiger partial charge in [0.15, 0.2) is 0 Å². The van der Waals surface area contributed by atoms with Crippen LogP contribution in [0.5, 0.6) is 0 Å². The summed E-state index contributed by atoms with van der Waals surface area (Å²) in [5.74, 6) is -0.0578. The highest BCUT2D eigenvalue weighted by Gasteiger charge is 2.24. The number of ether oxygens (including phenoxy) is 1. The summed E-state index contributed by atoms with van der Waals surface area (Å²) >= 11 is 0. The average molecular weight is 295 g/mol. The number of hydrogen-bond acceptors (Lipinski definition) is 4. The van der Waals surface area contributed by atoms with Gasteiger partial charge in [0.25, 0.3) is 0 Å². The van der Waals surface area contributed by atoms with Crippen LogP contribution < -0.4 is 5.73 Å². The number of nitrogens with zero attached hydrogens (tertiary/aromatic N) is 2. The van der Waals surface area contributed by atoms with Gasteiger partial charge in [0.1, 0.15) is 5.82 Å². The Balaban J connectivity index is 1.88. The molecule has 2 heterocycles. The Morgan fingerprint density at radius 2 is 2.33 bits per heavy atom. The number of hydrogen-bond donors (Lipinski definition) is 1. The average Bonchev–Trinajstić information content (AvgIpc) is 2.48. The quantitative estimate of drug-likeness (QED) is 0.875. The van der Waals surface area contributed by atoms with Crippen LogP contribution >= 0.6 is 0 Å². The molecule has 4 nitrogen and oxygen atoms in total. The minimum Gasteiger partial charge on any atom is -0.377 e. The van der Waals surface area contributed by atoms with Crippen molar-refractivity contribution in [2.75, 3.05) is 26.2 Å². The van der Waals surface area contributed by atoms with E-state index in [-0.39, 0.29) is 17.8 Å². The van der Waals surface area contributed by atoms with E-state index in [0.717, 1.165) is 38.4 Å². The molecule has 0 aliphatic carbocycles. The Morgan fingerprint density at radius 3 is 3.00 bits per heavy atom. The van der Waals surface area contributed by atoms with Crippen LogP contribution in [0.15, 0.2) is 18.3 Å². The topological polar surface area (TPSA) is 51.4 Å². The van der Waals surface area contributed by atoms with E-state index < -0.39 is 0 Å². The number of aromatic nitrogens is 1. The van der Waals surface area contributed by atoms with Gasteiger partial charge in [-0.1, -0.05) is 6.92 Å². The summed E-state index contributed by atoms with van der Waals surface area (Å²) in [5.41, 5.74) is 7.01. The highest BCUT2D eigenvalue weighted by Crippen LogP contribution is 2.21. The molecule has 21 heavy (non-hydrogen) atoms. The molecule has 3 unspecified atom stereocenters. The first-order valence-corrected chi connectivity index (χ1v) is 7.81. The maximum absolute atomic E-state index is 12.9. The molecule has 1 aromatic rings. The largest absolute Gasteiger partial charge is 0.377 e. The first kappa shape index (κ1) is 16.3. The lowest BCUT2D eigenvalue weighted by atomic mass is 9.97. The van der Waals surface area contributed by atoms with E-state index in [0.29, 0.717) is 6.10 Å². The van der Waals surface area contributed by atoms with Gasteiger partial charge in [-0.2, -0.15) is 0 Å². The van der Waals surface area contributed by atoms with Crippen molar-refractivity contribution in [2.45, 2.75) is 38.8 Å². The van der Waals surface area contributed by atoms with E-state index in [4.69, 9.17) is 10.5 Å². The van der Waals surface area contributed by atoms with Crippen LogP contribution in [-0.4, -0.2) is 42.2 Å². The molecule has 1 aromatic heterocycles. The van der Waals surface area contributed by atoms with E-state index in [1.807, 2.05) is 6.92 Å². The van der Waals surface area contributed by atoms with E-state index in [1.165, 1.54) is 18.7 Å². The fourth-order valence-corrected chi connectivity index (χ4v) is 2.95. The molecule has 1 saturated heterocycles. The molecule has 1 aliphatic rings. The second-order valence-electron chi connectivity index (χ2n) is 5.88. The molecule has 3 atom stereocenters. The maximum atomic E-state index is 12.9. The van der Waals surface area contributed by atoms with Crippen LogP contribution in [0, 0.1) is 11.7 Å². The minimum absolute atomic E-state index is 0.168. The van der Waals surface area contributed by atoms with Crippen molar-refractivity contribution in [2.24, 2.45) is 11.7 Å². The number of piperidine rings is 1. The normalized spacial score (nSPS) is 23.0. The highest BCUT2D eigenvalue weighted by molar-refractivity contribution is 5.10. The van der Waals surface area contributed by atoms with Gasteiger partial charge in [0.05, 0.1) is 24.0 Å². The van der Waals surface area contributed by atoms with Crippen LogP contribution in [-0.2, 0) is 4.74 Å².